The quantitative estimate of drug-likeness (QED) is 0.151. The summed E-state index contributed by atoms with van der Waals surface area (Å²) in [5, 5.41) is 0. The molecule has 21 heavy (non-hydrogen) atoms. The Balaban J connectivity index is 3.17. The van der Waals surface area contributed by atoms with Gasteiger partial charge in [-0.3, -0.25) is 4.79 Å². The van der Waals surface area contributed by atoms with Crippen LogP contribution in [0.3, 0.4) is 0 Å². The van der Waals surface area contributed by atoms with Gasteiger partial charge < -0.3 is 4.74 Å². The van der Waals surface area contributed by atoms with Crippen LogP contribution in [0.1, 0.15) is 12.8 Å². The number of hydrogen-bond acceptors (Lipinski definition) is 2. The molecule has 0 bridgehead atoms. The first-order valence-corrected chi connectivity index (χ1v) is 7.60. The molecule has 2 nitrogen and oxygen atoms in total. The van der Waals surface area contributed by atoms with Crippen molar-refractivity contribution in [1.82, 2.24) is 0 Å². The Hall–Kier alpha value is -0.940. The number of terminal acetylenes is 2. The first kappa shape index (κ1) is 18.1. The number of carbonyl (C=O) groups excluding carboxylic acids is 1. The standard InChI is InChI=1S/C14H7F3I2O2/c1-3-5-7(6-4-2)14(20)21-13-9(16)11(18)8(15)12(19)10(13)17/h1-2,7H,5-6H2. The summed E-state index contributed by atoms with van der Waals surface area (Å²) in [6.07, 6.45) is 10.1. The Morgan fingerprint density at radius 2 is 1.48 bits per heavy atom. The fourth-order valence-corrected chi connectivity index (χ4v) is 2.93. The molecule has 0 aromatic heterocycles. The van der Waals surface area contributed by atoms with Crippen LogP contribution >= 0.6 is 45.2 Å². The lowest BCUT2D eigenvalue weighted by Crippen LogP contribution is -2.21. The predicted molar refractivity (Wildman–Crippen MR) is 87.8 cm³/mol. The van der Waals surface area contributed by atoms with Crippen molar-refractivity contribution in [1.29, 1.82) is 0 Å². The second-order valence-corrected chi connectivity index (χ2v) is 5.99. The van der Waals surface area contributed by atoms with Crippen LogP contribution in [-0.4, -0.2) is 5.97 Å². The molecule has 110 valence electrons. The van der Waals surface area contributed by atoms with Crippen molar-refractivity contribution in [2.75, 3.05) is 0 Å². The van der Waals surface area contributed by atoms with E-state index in [9.17, 15) is 18.0 Å². The molecule has 0 atom stereocenters. The Bertz CT molecular complexity index is 615. The summed E-state index contributed by atoms with van der Waals surface area (Å²) in [4.78, 5) is 11.9. The molecule has 0 aliphatic rings. The number of rotatable bonds is 4. The zero-order valence-electron chi connectivity index (χ0n) is 10.4. The average Bonchev–Trinajstić information content (AvgIpc) is 2.47. The van der Waals surface area contributed by atoms with Gasteiger partial charge in [0.05, 0.1) is 13.1 Å². The third-order valence-electron chi connectivity index (χ3n) is 2.43. The molecule has 1 aromatic carbocycles. The van der Waals surface area contributed by atoms with E-state index in [0.29, 0.717) is 0 Å². The van der Waals surface area contributed by atoms with Crippen LogP contribution in [0.25, 0.3) is 0 Å². The summed E-state index contributed by atoms with van der Waals surface area (Å²) in [5.74, 6) is -1.92. The normalized spacial score (nSPS) is 10.1. The highest BCUT2D eigenvalue weighted by Gasteiger charge is 2.28. The third kappa shape index (κ3) is 4.04. The topological polar surface area (TPSA) is 26.3 Å². The van der Waals surface area contributed by atoms with E-state index in [1.165, 1.54) is 45.2 Å². The van der Waals surface area contributed by atoms with Crippen molar-refractivity contribution in [3.63, 3.8) is 0 Å². The highest BCUT2D eigenvalue weighted by atomic mass is 127. The highest BCUT2D eigenvalue weighted by Crippen LogP contribution is 2.33. The van der Waals surface area contributed by atoms with Gasteiger partial charge in [0.15, 0.2) is 17.5 Å². The minimum atomic E-state index is -1.28. The van der Waals surface area contributed by atoms with Gasteiger partial charge >= 0.3 is 5.97 Å². The number of esters is 1. The molecule has 0 spiro atoms. The van der Waals surface area contributed by atoms with E-state index in [1.807, 2.05) is 0 Å². The lowest BCUT2D eigenvalue weighted by molar-refractivity contribution is -0.139. The fourth-order valence-electron chi connectivity index (χ4n) is 1.38. The van der Waals surface area contributed by atoms with Gasteiger partial charge in [-0.25, -0.2) is 13.2 Å². The van der Waals surface area contributed by atoms with E-state index in [0.717, 1.165) is 0 Å². The van der Waals surface area contributed by atoms with Crippen molar-refractivity contribution in [3.05, 3.63) is 24.6 Å². The van der Waals surface area contributed by atoms with Crippen molar-refractivity contribution in [3.8, 4) is 30.4 Å². The summed E-state index contributed by atoms with van der Waals surface area (Å²) < 4.78 is 45.0. The molecule has 1 aromatic rings. The van der Waals surface area contributed by atoms with Crippen LogP contribution < -0.4 is 4.74 Å². The number of carbonyl (C=O) groups is 1. The molecule has 7 heteroatoms. The van der Waals surface area contributed by atoms with Crippen LogP contribution in [0.4, 0.5) is 13.2 Å². The average molecular weight is 518 g/mol. The van der Waals surface area contributed by atoms with Gasteiger partial charge in [-0.05, 0) is 45.2 Å². The lowest BCUT2D eigenvalue weighted by Gasteiger charge is -2.13. The molecule has 0 heterocycles. The Kier molecular flexibility index (Phi) is 6.81. The highest BCUT2D eigenvalue weighted by molar-refractivity contribution is 14.1. The number of hydrogen-bond donors (Lipinski definition) is 0. The maximum atomic E-state index is 13.9. The van der Waals surface area contributed by atoms with Gasteiger partial charge in [0, 0.05) is 12.8 Å². The Morgan fingerprint density at radius 3 is 1.86 bits per heavy atom. The minimum Gasteiger partial charge on any atom is -0.420 e. The minimum absolute atomic E-state index is 0.0261. The number of ether oxygens (including phenoxy) is 1. The van der Waals surface area contributed by atoms with Gasteiger partial charge in [0.25, 0.3) is 0 Å². The smallest absolute Gasteiger partial charge is 0.316 e. The first-order valence-electron chi connectivity index (χ1n) is 5.45. The molecule has 0 aliphatic heterocycles. The van der Waals surface area contributed by atoms with E-state index in [-0.39, 0.29) is 12.8 Å². The first-order chi connectivity index (χ1) is 9.84. The van der Waals surface area contributed by atoms with Gasteiger partial charge in [0.1, 0.15) is 0 Å². The summed E-state index contributed by atoms with van der Waals surface area (Å²) in [5.41, 5.74) is 0. The van der Waals surface area contributed by atoms with Crippen LogP contribution in [0.2, 0.25) is 0 Å². The van der Waals surface area contributed by atoms with E-state index < -0.39 is 42.2 Å². The van der Waals surface area contributed by atoms with Crippen LogP contribution in [-0.2, 0) is 4.79 Å². The van der Waals surface area contributed by atoms with Crippen molar-refractivity contribution in [2.45, 2.75) is 12.8 Å². The van der Waals surface area contributed by atoms with E-state index in [1.54, 1.807) is 0 Å². The van der Waals surface area contributed by atoms with E-state index in [2.05, 4.69) is 11.8 Å². The molecule has 0 unspecified atom stereocenters. The SMILES string of the molecule is C#CCC(CC#C)C(=O)Oc1c(F)c(I)c(F)c(I)c1F. The van der Waals surface area contributed by atoms with Gasteiger partial charge in [-0.1, -0.05) is 0 Å². The fraction of sp³-hybridized carbons (Fsp3) is 0.214. The molecule has 0 fully saturated rings. The summed E-state index contributed by atoms with van der Waals surface area (Å²) in [6.45, 7) is 0. The number of halogens is 5. The largest absolute Gasteiger partial charge is 0.420 e. The molecule has 0 amide bonds. The monoisotopic (exact) mass is 518 g/mol. The van der Waals surface area contributed by atoms with Crippen LogP contribution in [0.15, 0.2) is 0 Å². The molecule has 0 saturated heterocycles. The molecule has 0 saturated carbocycles. The maximum Gasteiger partial charge on any atom is 0.316 e. The van der Waals surface area contributed by atoms with Gasteiger partial charge in [0.2, 0.25) is 5.75 Å². The van der Waals surface area contributed by atoms with Gasteiger partial charge in [-0.15, -0.1) is 24.7 Å². The zero-order chi connectivity index (χ0) is 16.2. The molecule has 0 N–H and O–H groups in total. The Morgan fingerprint density at radius 1 is 1.05 bits per heavy atom. The second kappa shape index (κ2) is 7.90. The van der Waals surface area contributed by atoms with Crippen molar-refractivity contribution < 1.29 is 22.7 Å². The molecule has 1 rings (SSSR count). The molecule has 0 radical (unpaired) electrons. The van der Waals surface area contributed by atoms with E-state index in [4.69, 9.17) is 17.6 Å². The third-order valence-corrected chi connectivity index (χ3v) is 4.33. The van der Waals surface area contributed by atoms with E-state index >= 15 is 0 Å². The van der Waals surface area contributed by atoms with Crippen molar-refractivity contribution in [2.24, 2.45) is 5.92 Å². The molecular weight excluding hydrogens is 511 g/mol. The Labute approximate surface area is 147 Å². The summed E-state index contributed by atoms with van der Waals surface area (Å²) in [7, 11) is 0. The molecular formula is C14H7F3I2O2. The summed E-state index contributed by atoms with van der Waals surface area (Å²) in [6, 6.07) is 0. The van der Waals surface area contributed by atoms with Gasteiger partial charge in [-0.2, -0.15) is 0 Å². The predicted octanol–water partition coefficient (Wildman–Crippen LogP) is 3.88. The van der Waals surface area contributed by atoms with Crippen LogP contribution in [0, 0.1) is 55.2 Å². The lowest BCUT2D eigenvalue weighted by atomic mass is 10.0. The van der Waals surface area contributed by atoms with Crippen LogP contribution in [0.5, 0.6) is 5.75 Å². The second-order valence-electron chi connectivity index (χ2n) is 3.83. The number of benzene rings is 1. The zero-order valence-corrected chi connectivity index (χ0v) is 14.7. The maximum absolute atomic E-state index is 13.9. The van der Waals surface area contributed by atoms with Crippen molar-refractivity contribution >= 4 is 51.2 Å². The molecule has 0 aliphatic carbocycles. The summed E-state index contributed by atoms with van der Waals surface area (Å²) >= 11 is 2.71.